The number of benzene rings is 2. The number of nitrogens with one attached hydrogen (secondary N) is 2. The zero-order valence-electron chi connectivity index (χ0n) is 18.0. The first kappa shape index (κ1) is 22.1. The van der Waals surface area contributed by atoms with Gasteiger partial charge in [0.1, 0.15) is 5.25 Å². The number of hydrogen-bond donors (Lipinski definition) is 2. The molecule has 1 unspecified atom stereocenters. The van der Waals surface area contributed by atoms with Crippen molar-refractivity contribution in [3.63, 3.8) is 0 Å². The highest BCUT2D eigenvalue weighted by Gasteiger charge is 2.33. The van der Waals surface area contributed by atoms with Crippen molar-refractivity contribution in [1.82, 2.24) is 4.90 Å². The van der Waals surface area contributed by atoms with Crippen molar-refractivity contribution in [3.05, 3.63) is 59.7 Å². The van der Waals surface area contributed by atoms with Crippen molar-refractivity contribution >= 4 is 46.0 Å². The van der Waals surface area contributed by atoms with Gasteiger partial charge in [-0.15, -0.1) is 0 Å². The molecule has 0 radical (unpaired) electrons. The Morgan fingerprint density at radius 1 is 1.00 bits per heavy atom. The van der Waals surface area contributed by atoms with Crippen LogP contribution >= 0.6 is 11.8 Å². The van der Waals surface area contributed by atoms with E-state index in [1.807, 2.05) is 24.3 Å². The van der Waals surface area contributed by atoms with E-state index >= 15 is 0 Å². The Kier molecular flexibility index (Phi) is 6.90. The first-order valence-electron chi connectivity index (χ1n) is 10.9. The number of aliphatic imine (C=N–C) groups is 1. The van der Waals surface area contributed by atoms with Gasteiger partial charge in [-0.2, -0.15) is 4.99 Å². The van der Waals surface area contributed by atoms with E-state index in [9.17, 15) is 14.4 Å². The maximum Gasteiger partial charge on any atom is 0.262 e. The summed E-state index contributed by atoms with van der Waals surface area (Å²) in [5.41, 5.74) is 3.01. The van der Waals surface area contributed by atoms with Crippen LogP contribution in [-0.4, -0.2) is 46.1 Å². The standard InChI is InChI=1S/C24H26N4O3S/c1-2-16-5-9-19(10-6-16)26-22(30)17-7-11-18(12-8-17)25-21(29)15-20-23(31)27-24(32-20)28-13-3-4-14-28/h5-12,20H,2-4,13-15H2,1H3,(H,25,29)(H,26,30). The monoisotopic (exact) mass is 450 g/mol. The molecule has 166 valence electrons. The largest absolute Gasteiger partial charge is 0.351 e. The second-order valence-corrected chi connectivity index (χ2v) is 9.04. The molecule has 2 N–H and O–H groups in total. The lowest BCUT2D eigenvalue weighted by Gasteiger charge is -2.16. The average molecular weight is 451 g/mol. The lowest BCUT2D eigenvalue weighted by molar-refractivity contribution is -0.121. The number of anilines is 2. The third-order valence-corrected chi connectivity index (χ3v) is 6.74. The molecule has 32 heavy (non-hydrogen) atoms. The smallest absolute Gasteiger partial charge is 0.262 e. The highest BCUT2D eigenvalue weighted by Crippen LogP contribution is 2.29. The van der Waals surface area contributed by atoms with Gasteiger partial charge in [0.15, 0.2) is 5.17 Å². The van der Waals surface area contributed by atoms with Crippen molar-refractivity contribution in [2.24, 2.45) is 4.99 Å². The molecular weight excluding hydrogens is 424 g/mol. The van der Waals surface area contributed by atoms with Gasteiger partial charge in [-0.1, -0.05) is 30.8 Å². The lowest BCUT2D eigenvalue weighted by Crippen LogP contribution is -2.25. The first-order chi connectivity index (χ1) is 15.5. The Hall–Kier alpha value is -3.13. The lowest BCUT2D eigenvalue weighted by atomic mass is 10.1. The molecule has 2 aromatic carbocycles. The molecule has 8 heteroatoms. The van der Waals surface area contributed by atoms with Crippen LogP contribution in [0, 0.1) is 0 Å². The third-order valence-electron chi connectivity index (χ3n) is 5.53. The zero-order valence-corrected chi connectivity index (χ0v) is 18.8. The topological polar surface area (TPSA) is 90.9 Å². The summed E-state index contributed by atoms with van der Waals surface area (Å²) in [6.07, 6.45) is 3.23. The van der Waals surface area contributed by atoms with Gasteiger partial charge in [0, 0.05) is 36.4 Å². The predicted octanol–water partition coefficient (Wildman–Crippen LogP) is 3.92. The van der Waals surface area contributed by atoms with Crippen LogP contribution < -0.4 is 10.6 Å². The molecule has 1 saturated heterocycles. The van der Waals surface area contributed by atoms with Crippen molar-refractivity contribution in [2.75, 3.05) is 23.7 Å². The Morgan fingerprint density at radius 2 is 1.62 bits per heavy atom. The summed E-state index contributed by atoms with van der Waals surface area (Å²) in [5, 5.41) is 5.93. The minimum absolute atomic E-state index is 0.0698. The molecule has 4 rings (SSSR count). The normalized spacial score (nSPS) is 17.9. The molecule has 2 aliphatic rings. The fourth-order valence-electron chi connectivity index (χ4n) is 3.67. The Morgan fingerprint density at radius 3 is 2.28 bits per heavy atom. The van der Waals surface area contributed by atoms with Gasteiger partial charge < -0.3 is 15.5 Å². The Bertz CT molecular complexity index is 1030. The molecular formula is C24H26N4O3S. The minimum atomic E-state index is -0.477. The van der Waals surface area contributed by atoms with Gasteiger partial charge in [0.25, 0.3) is 11.8 Å². The summed E-state index contributed by atoms with van der Waals surface area (Å²) >= 11 is 1.38. The van der Waals surface area contributed by atoms with Gasteiger partial charge in [0.2, 0.25) is 5.91 Å². The van der Waals surface area contributed by atoms with E-state index < -0.39 is 5.25 Å². The maximum absolute atomic E-state index is 12.5. The van der Waals surface area contributed by atoms with Gasteiger partial charge in [-0.3, -0.25) is 14.4 Å². The van der Waals surface area contributed by atoms with E-state index in [0.717, 1.165) is 43.2 Å². The van der Waals surface area contributed by atoms with Crippen LogP contribution in [-0.2, 0) is 16.0 Å². The predicted molar refractivity (Wildman–Crippen MR) is 128 cm³/mol. The second-order valence-electron chi connectivity index (χ2n) is 7.87. The highest BCUT2D eigenvalue weighted by molar-refractivity contribution is 8.15. The molecule has 7 nitrogen and oxygen atoms in total. The van der Waals surface area contributed by atoms with E-state index in [1.54, 1.807) is 24.3 Å². The van der Waals surface area contributed by atoms with E-state index in [4.69, 9.17) is 0 Å². The molecule has 0 spiro atoms. The number of rotatable bonds is 6. The van der Waals surface area contributed by atoms with Crippen molar-refractivity contribution in [2.45, 2.75) is 37.9 Å². The maximum atomic E-state index is 12.5. The van der Waals surface area contributed by atoms with E-state index in [2.05, 4.69) is 27.4 Å². The number of nitrogens with zero attached hydrogens (tertiary/aromatic N) is 2. The number of likely N-dealkylation sites (tertiary alicyclic amines) is 1. The molecule has 0 bridgehead atoms. The van der Waals surface area contributed by atoms with Crippen LogP contribution in [0.15, 0.2) is 53.5 Å². The quantitative estimate of drug-likeness (QED) is 0.696. The molecule has 0 aromatic heterocycles. The average Bonchev–Trinajstić information content (AvgIpc) is 3.45. The molecule has 2 aromatic rings. The van der Waals surface area contributed by atoms with Crippen LogP contribution in [0.4, 0.5) is 11.4 Å². The van der Waals surface area contributed by atoms with Crippen molar-refractivity contribution < 1.29 is 14.4 Å². The Labute approximate surface area is 191 Å². The van der Waals surface area contributed by atoms with Crippen molar-refractivity contribution in [1.29, 1.82) is 0 Å². The van der Waals surface area contributed by atoms with E-state index in [-0.39, 0.29) is 24.1 Å². The Balaban J connectivity index is 1.28. The number of thioether (sulfide) groups is 1. The fourth-order valence-corrected chi connectivity index (χ4v) is 4.78. The summed E-state index contributed by atoms with van der Waals surface area (Å²) < 4.78 is 0. The molecule has 2 aliphatic heterocycles. The zero-order chi connectivity index (χ0) is 22.5. The third kappa shape index (κ3) is 5.37. The van der Waals surface area contributed by atoms with E-state index in [0.29, 0.717) is 11.3 Å². The molecule has 1 atom stereocenters. The summed E-state index contributed by atoms with van der Waals surface area (Å²) in [7, 11) is 0. The van der Waals surface area contributed by atoms with Crippen LogP contribution in [0.1, 0.15) is 42.1 Å². The summed E-state index contributed by atoms with van der Waals surface area (Å²) in [4.78, 5) is 43.3. The fraction of sp³-hybridized carbons (Fsp3) is 0.333. The molecule has 2 heterocycles. The SMILES string of the molecule is CCc1ccc(NC(=O)c2ccc(NC(=O)CC3SC(N4CCCC4)=NC3=O)cc2)cc1. The van der Waals surface area contributed by atoms with Crippen LogP contribution in [0.3, 0.4) is 0 Å². The molecule has 0 aliphatic carbocycles. The number of amidine groups is 1. The molecule has 0 saturated carbocycles. The van der Waals surface area contributed by atoms with Crippen LogP contribution in [0.5, 0.6) is 0 Å². The van der Waals surface area contributed by atoms with Crippen LogP contribution in [0.25, 0.3) is 0 Å². The van der Waals surface area contributed by atoms with Gasteiger partial charge in [-0.25, -0.2) is 0 Å². The first-order valence-corrected chi connectivity index (χ1v) is 11.7. The summed E-state index contributed by atoms with van der Waals surface area (Å²) in [5.74, 6) is -0.709. The second kappa shape index (κ2) is 9.99. The summed E-state index contributed by atoms with van der Waals surface area (Å²) in [6, 6.07) is 14.4. The van der Waals surface area contributed by atoms with Crippen LogP contribution in [0.2, 0.25) is 0 Å². The summed E-state index contributed by atoms with van der Waals surface area (Å²) in [6.45, 7) is 3.92. The van der Waals surface area contributed by atoms with Crippen molar-refractivity contribution in [3.8, 4) is 0 Å². The number of hydrogen-bond acceptors (Lipinski definition) is 5. The number of aryl methyl sites for hydroxylation is 1. The minimum Gasteiger partial charge on any atom is -0.351 e. The number of carbonyl (C=O) groups excluding carboxylic acids is 3. The molecule has 1 fully saturated rings. The van der Waals surface area contributed by atoms with E-state index in [1.165, 1.54) is 17.3 Å². The number of carbonyl (C=O) groups is 3. The number of amides is 3. The van der Waals surface area contributed by atoms with Gasteiger partial charge >= 0.3 is 0 Å². The highest BCUT2D eigenvalue weighted by atomic mass is 32.2. The van der Waals surface area contributed by atoms with Gasteiger partial charge in [0.05, 0.1) is 0 Å². The molecule has 3 amide bonds. The van der Waals surface area contributed by atoms with Gasteiger partial charge in [-0.05, 0) is 61.2 Å².